The molecule has 2 saturated heterocycles. The zero-order valence-corrected chi connectivity index (χ0v) is 37.6. The summed E-state index contributed by atoms with van der Waals surface area (Å²) in [6.45, 7) is 28.7. The maximum atomic E-state index is 13.5. The van der Waals surface area contributed by atoms with Gasteiger partial charge in [0.2, 0.25) is 0 Å². The first kappa shape index (κ1) is 42.3. The number of rotatable bonds is 17. The molecule has 3 atom stereocenters. The Labute approximate surface area is 336 Å². The first-order valence-corrected chi connectivity index (χ1v) is 28.0. The fraction of sp³-hybridized carbons (Fsp3) is 0.667. The van der Waals surface area contributed by atoms with Crippen LogP contribution in [0.15, 0.2) is 31.1 Å². The van der Waals surface area contributed by atoms with E-state index in [2.05, 4.69) is 50.8 Å². The summed E-state index contributed by atoms with van der Waals surface area (Å²) in [7, 11) is -2.69. The van der Waals surface area contributed by atoms with Crippen LogP contribution in [0.4, 0.5) is 10.6 Å². The molecule has 2 bridgehead atoms. The topological polar surface area (TPSA) is 124 Å². The Bertz CT molecular complexity index is 1820. The van der Waals surface area contributed by atoms with E-state index in [1.54, 1.807) is 0 Å². The number of aliphatic hydroxyl groups is 1. The van der Waals surface area contributed by atoms with Crippen LogP contribution in [-0.4, -0.2) is 103 Å². The summed E-state index contributed by atoms with van der Waals surface area (Å²) in [5.74, 6) is 1.29. The second-order valence-corrected chi connectivity index (χ2v) is 30.7. The molecule has 14 heteroatoms. The van der Waals surface area contributed by atoms with Gasteiger partial charge in [0.25, 0.3) is 0 Å². The minimum atomic E-state index is -1.35. The summed E-state index contributed by atoms with van der Waals surface area (Å²) in [6, 6.07) is 6.05. The van der Waals surface area contributed by atoms with Gasteiger partial charge in [0.1, 0.15) is 36.2 Å². The average molecular weight is 807 g/mol. The zero-order valence-electron chi connectivity index (χ0n) is 35.6. The summed E-state index contributed by atoms with van der Waals surface area (Å²) >= 11 is 0. The molecule has 3 aromatic rings. The second kappa shape index (κ2) is 16.5. The van der Waals surface area contributed by atoms with E-state index in [1.165, 1.54) is 0 Å². The Kier molecular flexibility index (Phi) is 12.5. The van der Waals surface area contributed by atoms with Crippen LogP contribution in [0.25, 0.3) is 22.5 Å². The fourth-order valence-corrected chi connectivity index (χ4v) is 9.30. The van der Waals surface area contributed by atoms with Crippen LogP contribution < -0.4 is 4.90 Å². The van der Waals surface area contributed by atoms with Gasteiger partial charge in [-0.1, -0.05) is 51.9 Å². The molecule has 5 heterocycles. The highest BCUT2D eigenvalue weighted by Crippen LogP contribution is 2.48. The maximum absolute atomic E-state index is 13.5. The van der Waals surface area contributed by atoms with Crippen molar-refractivity contribution in [1.82, 2.24) is 24.5 Å². The lowest BCUT2D eigenvalue weighted by molar-refractivity contribution is 0.00566. The number of nitrogens with zero attached hydrogens (tertiary/aromatic N) is 6. The summed E-state index contributed by atoms with van der Waals surface area (Å²) in [5, 5.41) is 15.8. The maximum Gasteiger partial charge on any atom is 0.410 e. The molecule has 56 heavy (non-hydrogen) atoms. The van der Waals surface area contributed by atoms with E-state index >= 15 is 0 Å². The lowest BCUT2D eigenvalue weighted by atomic mass is 9.85. The van der Waals surface area contributed by atoms with Crippen molar-refractivity contribution in [3.05, 3.63) is 48.1 Å². The highest BCUT2D eigenvalue weighted by molar-refractivity contribution is 6.76. The van der Waals surface area contributed by atoms with Gasteiger partial charge in [-0.05, 0) is 84.4 Å². The molecule has 1 aliphatic carbocycles. The molecule has 3 fully saturated rings. The van der Waals surface area contributed by atoms with Crippen LogP contribution in [-0.2, 0) is 24.5 Å². The Balaban J connectivity index is 1.48. The molecule has 6 rings (SSSR count). The van der Waals surface area contributed by atoms with Crippen molar-refractivity contribution in [2.45, 2.75) is 147 Å². The smallest absolute Gasteiger partial charge is 0.410 e. The molecule has 3 aromatic heterocycles. The van der Waals surface area contributed by atoms with Crippen LogP contribution in [0.1, 0.15) is 89.1 Å². The Morgan fingerprint density at radius 3 is 2.09 bits per heavy atom. The van der Waals surface area contributed by atoms with Gasteiger partial charge in [-0.3, -0.25) is 4.98 Å². The van der Waals surface area contributed by atoms with Crippen LogP contribution in [0.3, 0.4) is 0 Å². The van der Waals surface area contributed by atoms with Crippen LogP contribution in [0.5, 0.6) is 0 Å². The zero-order chi connectivity index (χ0) is 40.6. The summed E-state index contributed by atoms with van der Waals surface area (Å²) in [4.78, 5) is 27.8. The summed E-state index contributed by atoms with van der Waals surface area (Å²) in [5.41, 5.74) is 3.32. The SMILES string of the molecule is C=C(OCC)c1c(C2C[C@H]3CC[C@@H](C2)N3C(=O)OC(C)(C)C)nc2c(-c3ccc(C4(O)CC4)nc3)cnn2c1N(COCC[Si](C)(C)C)COCC[Si](C)(C)C. The average Bonchev–Trinajstić information content (AvgIpc) is 3.61. The predicted octanol–water partition coefficient (Wildman–Crippen LogP) is 8.86. The van der Waals surface area contributed by atoms with Gasteiger partial charge in [0.15, 0.2) is 5.65 Å². The lowest BCUT2D eigenvalue weighted by Crippen LogP contribution is -2.48. The van der Waals surface area contributed by atoms with Crippen molar-refractivity contribution in [1.29, 1.82) is 0 Å². The van der Waals surface area contributed by atoms with E-state index in [0.29, 0.717) is 36.9 Å². The van der Waals surface area contributed by atoms with Gasteiger partial charge in [0.05, 0.1) is 29.8 Å². The normalized spacial score (nSPS) is 20.7. The van der Waals surface area contributed by atoms with Crippen LogP contribution in [0, 0.1) is 0 Å². The quantitative estimate of drug-likeness (QED) is 0.0613. The highest BCUT2D eigenvalue weighted by atomic mass is 28.3. The van der Waals surface area contributed by atoms with Gasteiger partial charge < -0.3 is 33.9 Å². The Morgan fingerprint density at radius 2 is 1.59 bits per heavy atom. The van der Waals surface area contributed by atoms with E-state index in [-0.39, 0.29) is 37.6 Å². The van der Waals surface area contributed by atoms with Crippen molar-refractivity contribution in [2.24, 2.45) is 0 Å². The molecule has 308 valence electrons. The first-order chi connectivity index (χ1) is 26.3. The number of carbonyl (C=O) groups excluding carboxylic acids is 1. The number of amides is 1. The minimum absolute atomic E-state index is 0.0111. The van der Waals surface area contributed by atoms with Crippen molar-refractivity contribution in [3.8, 4) is 11.1 Å². The second-order valence-electron chi connectivity index (χ2n) is 19.5. The van der Waals surface area contributed by atoms with Crippen molar-refractivity contribution in [2.75, 3.05) is 38.2 Å². The van der Waals surface area contributed by atoms with Crippen LogP contribution >= 0.6 is 0 Å². The third kappa shape index (κ3) is 10.0. The van der Waals surface area contributed by atoms with Gasteiger partial charge in [0, 0.05) is 64.7 Å². The Hall–Kier alpha value is -3.31. The highest BCUT2D eigenvalue weighted by Gasteiger charge is 2.47. The van der Waals surface area contributed by atoms with E-state index in [9.17, 15) is 9.90 Å². The third-order valence-corrected chi connectivity index (χ3v) is 14.4. The fourth-order valence-electron chi connectivity index (χ4n) is 7.78. The number of ether oxygens (including phenoxy) is 4. The molecule has 1 saturated carbocycles. The van der Waals surface area contributed by atoms with Gasteiger partial charge >= 0.3 is 6.09 Å². The molecule has 1 amide bonds. The van der Waals surface area contributed by atoms with E-state index in [0.717, 1.165) is 78.8 Å². The number of hydrogen-bond donors (Lipinski definition) is 1. The van der Waals surface area contributed by atoms with E-state index < -0.39 is 27.3 Å². The van der Waals surface area contributed by atoms with E-state index in [4.69, 9.17) is 34.0 Å². The molecule has 2 aliphatic heterocycles. The van der Waals surface area contributed by atoms with Crippen molar-refractivity contribution < 1.29 is 28.8 Å². The van der Waals surface area contributed by atoms with E-state index in [1.807, 2.05) is 61.6 Å². The number of aromatic nitrogens is 4. The number of carbonyl (C=O) groups is 1. The van der Waals surface area contributed by atoms with Crippen LogP contribution in [0.2, 0.25) is 51.4 Å². The molecule has 0 radical (unpaired) electrons. The van der Waals surface area contributed by atoms with Gasteiger partial charge in [-0.15, -0.1) is 0 Å². The number of fused-ring (bicyclic) bond motifs is 3. The molecule has 12 nitrogen and oxygen atoms in total. The summed E-state index contributed by atoms with van der Waals surface area (Å²) in [6.07, 6.45) is 8.17. The monoisotopic (exact) mass is 806 g/mol. The lowest BCUT2D eigenvalue weighted by Gasteiger charge is -2.40. The van der Waals surface area contributed by atoms with Crippen molar-refractivity contribution in [3.63, 3.8) is 0 Å². The molecule has 1 N–H and O–H groups in total. The standard InChI is InChI=1S/C42H66N6O6Si2/c1-12-53-29(2)36-37(31-23-32-14-15-33(24-31)47(32)40(49)54-41(3,4)5)45-38-34(30-13-16-35(43-25-30)42(50)17-18-42)26-44-48(38)39(36)46(27-51-19-21-55(6,7)8)28-52-20-22-56(9,10)11/h13,16,25-26,31-33,50H,2,12,14-15,17-24,27-28H2,1,3-11H3/t31?,32-,33+. The predicted molar refractivity (Wildman–Crippen MR) is 227 cm³/mol. The molecular formula is C42H66N6O6Si2. The van der Waals surface area contributed by atoms with Gasteiger partial charge in [-0.2, -0.15) is 9.61 Å². The molecule has 0 aromatic carbocycles. The third-order valence-electron chi connectivity index (χ3n) is 11.0. The number of piperidine rings is 1. The minimum Gasteiger partial charge on any atom is -0.494 e. The first-order valence-electron chi connectivity index (χ1n) is 20.6. The molecule has 1 unspecified atom stereocenters. The number of anilines is 1. The largest absolute Gasteiger partial charge is 0.494 e. The van der Waals surface area contributed by atoms with Crippen molar-refractivity contribution >= 4 is 39.5 Å². The number of pyridine rings is 1. The number of hydrogen-bond acceptors (Lipinski definition) is 10. The Morgan fingerprint density at radius 1 is 0.982 bits per heavy atom. The molecular weight excluding hydrogens is 741 g/mol. The molecule has 0 spiro atoms. The summed E-state index contributed by atoms with van der Waals surface area (Å²) < 4.78 is 27.0. The molecule has 3 aliphatic rings. The van der Waals surface area contributed by atoms with Gasteiger partial charge in [-0.25, -0.2) is 9.78 Å².